The molecule has 0 unspecified atom stereocenters. The van der Waals surface area contributed by atoms with E-state index in [-0.39, 0.29) is 35.6 Å². The number of methoxy groups -OCH3 is 1. The van der Waals surface area contributed by atoms with Gasteiger partial charge in [-0.25, -0.2) is 0 Å². The van der Waals surface area contributed by atoms with Gasteiger partial charge in [0.25, 0.3) is 10.1 Å². The summed E-state index contributed by atoms with van der Waals surface area (Å²) in [6.45, 7) is 3.04. The fraction of sp³-hybridized carbons (Fsp3) is 0.667. The van der Waals surface area contributed by atoms with E-state index in [4.69, 9.17) is 23.1 Å². The van der Waals surface area contributed by atoms with Crippen molar-refractivity contribution >= 4 is 39.5 Å². The molecule has 2 heterocycles. The lowest BCUT2D eigenvalue weighted by molar-refractivity contribution is -0.137. The first-order valence-electron chi connectivity index (χ1n) is 10.6. The van der Waals surface area contributed by atoms with Crippen LogP contribution >= 0.6 is 23.5 Å². The number of thioether (sulfide) groups is 2. The highest BCUT2D eigenvalue weighted by atomic mass is 32.2. The van der Waals surface area contributed by atoms with E-state index in [1.807, 2.05) is 6.92 Å². The largest absolute Gasteiger partial charge is 0.359 e. The summed E-state index contributed by atoms with van der Waals surface area (Å²) < 4.78 is 53.2. The Morgan fingerprint density at radius 1 is 1.21 bits per heavy atom. The molecule has 1 amide bonds. The first-order valence-corrected chi connectivity index (χ1v) is 14.1. The van der Waals surface area contributed by atoms with E-state index in [9.17, 15) is 13.2 Å². The second-order valence-corrected chi connectivity index (χ2v) is 12.1. The predicted octanol–water partition coefficient (Wildman–Crippen LogP) is 2.13. The van der Waals surface area contributed by atoms with Gasteiger partial charge in [-0.05, 0) is 37.0 Å². The Labute approximate surface area is 203 Å². The highest BCUT2D eigenvalue weighted by Gasteiger charge is 2.45. The van der Waals surface area contributed by atoms with E-state index >= 15 is 0 Å². The average Bonchev–Trinajstić information content (AvgIpc) is 3.26. The zero-order valence-electron chi connectivity index (χ0n) is 18.9. The number of carbonyl (C=O) groups is 1. The van der Waals surface area contributed by atoms with Crippen LogP contribution in [0, 0.1) is 6.92 Å². The van der Waals surface area contributed by atoms with Crippen molar-refractivity contribution in [2.24, 2.45) is 0 Å². The number of amides is 1. The van der Waals surface area contributed by atoms with E-state index in [1.54, 1.807) is 35.7 Å². The van der Waals surface area contributed by atoms with Gasteiger partial charge in [-0.2, -0.15) is 8.42 Å². The van der Waals surface area contributed by atoms with Crippen molar-refractivity contribution in [2.45, 2.75) is 54.1 Å². The van der Waals surface area contributed by atoms with Gasteiger partial charge < -0.3 is 24.3 Å². The van der Waals surface area contributed by atoms with Crippen LogP contribution in [0.15, 0.2) is 29.2 Å². The first kappa shape index (κ1) is 26.7. The molecule has 2 aliphatic rings. The van der Waals surface area contributed by atoms with Gasteiger partial charge in [0, 0.05) is 14.0 Å². The molecule has 33 heavy (non-hydrogen) atoms. The second-order valence-electron chi connectivity index (χ2n) is 7.73. The van der Waals surface area contributed by atoms with Gasteiger partial charge in [-0.3, -0.25) is 8.98 Å². The third kappa shape index (κ3) is 7.56. The molecule has 0 bridgehead atoms. The lowest BCUT2D eigenvalue weighted by atomic mass is 10.0. The molecule has 2 aliphatic heterocycles. The molecule has 0 saturated carbocycles. The van der Waals surface area contributed by atoms with Crippen molar-refractivity contribution in [3.8, 4) is 0 Å². The topological polar surface area (TPSA) is 109 Å². The summed E-state index contributed by atoms with van der Waals surface area (Å²) in [5.41, 5.74) is 0.946. The Morgan fingerprint density at radius 3 is 2.55 bits per heavy atom. The maximum Gasteiger partial charge on any atom is 0.297 e. The number of ether oxygens (including phenoxy) is 4. The second kappa shape index (κ2) is 12.7. The minimum Gasteiger partial charge on any atom is -0.359 e. The lowest BCUT2D eigenvalue weighted by Gasteiger charge is -2.38. The van der Waals surface area contributed by atoms with Crippen LogP contribution in [-0.4, -0.2) is 82.1 Å². The normalized spacial score (nSPS) is 23.8. The van der Waals surface area contributed by atoms with Crippen molar-refractivity contribution in [1.82, 2.24) is 5.32 Å². The average molecular weight is 522 g/mol. The molecule has 4 atom stereocenters. The highest BCUT2D eigenvalue weighted by Crippen LogP contribution is 2.36. The molecule has 3 rings (SSSR count). The van der Waals surface area contributed by atoms with Crippen LogP contribution in [0.25, 0.3) is 0 Å². The zero-order valence-corrected chi connectivity index (χ0v) is 21.4. The fourth-order valence-corrected chi connectivity index (χ4v) is 7.60. The standard InChI is InChI=1S/C21H31NO8S3/c1-14-5-7-16(8-6-14)33(24,25)30-11-17-19(29-13-27-17)20(28-12-26-3)18(22-15(2)23)21-31-9-4-10-32-21/h5-8,17-21H,4,9-13H2,1-3H3,(H,22,23)/t17-,18-,19-,20-/m1/s1. The number of nitrogens with one attached hydrogen (secondary N) is 1. The zero-order chi connectivity index (χ0) is 23.8. The van der Waals surface area contributed by atoms with Crippen molar-refractivity contribution in [3.05, 3.63) is 29.8 Å². The maximum absolute atomic E-state index is 12.6. The lowest BCUT2D eigenvalue weighted by Crippen LogP contribution is -2.57. The van der Waals surface area contributed by atoms with Gasteiger partial charge in [0.05, 0.1) is 22.1 Å². The molecule has 186 valence electrons. The Balaban J connectivity index is 1.76. The molecule has 1 aromatic carbocycles. The van der Waals surface area contributed by atoms with Gasteiger partial charge in [-0.1, -0.05) is 17.7 Å². The molecule has 9 nitrogen and oxygen atoms in total. The number of hydrogen-bond donors (Lipinski definition) is 1. The number of aryl methyl sites for hydroxylation is 1. The summed E-state index contributed by atoms with van der Waals surface area (Å²) >= 11 is 3.51. The van der Waals surface area contributed by atoms with E-state index < -0.39 is 34.5 Å². The van der Waals surface area contributed by atoms with Gasteiger partial charge >= 0.3 is 0 Å². The third-order valence-corrected chi connectivity index (χ3v) is 9.58. The summed E-state index contributed by atoms with van der Waals surface area (Å²) in [6.07, 6.45) is -0.899. The van der Waals surface area contributed by atoms with Gasteiger partial charge in [0.2, 0.25) is 5.91 Å². The number of hydrogen-bond acceptors (Lipinski definition) is 10. The Morgan fingerprint density at radius 2 is 1.91 bits per heavy atom. The highest BCUT2D eigenvalue weighted by molar-refractivity contribution is 8.17. The Bertz CT molecular complexity index is 861. The molecule has 2 saturated heterocycles. The van der Waals surface area contributed by atoms with Crippen LogP contribution < -0.4 is 5.32 Å². The van der Waals surface area contributed by atoms with Crippen molar-refractivity contribution in [3.63, 3.8) is 0 Å². The van der Waals surface area contributed by atoms with E-state index in [2.05, 4.69) is 5.32 Å². The van der Waals surface area contributed by atoms with Gasteiger partial charge in [-0.15, -0.1) is 23.5 Å². The van der Waals surface area contributed by atoms with Gasteiger partial charge in [0.1, 0.15) is 31.9 Å². The third-order valence-electron chi connectivity index (χ3n) is 5.18. The molecule has 0 aromatic heterocycles. The molecular weight excluding hydrogens is 490 g/mol. The first-order chi connectivity index (χ1) is 15.8. The molecule has 0 radical (unpaired) electrons. The number of rotatable bonds is 11. The van der Waals surface area contributed by atoms with E-state index in [0.29, 0.717) is 0 Å². The summed E-state index contributed by atoms with van der Waals surface area (Å²) in [5.74, 6) is 1.77. The van der Waals surface area contributed by atoms with Crippen molar-refractivity contribution in [2.75, 3.05) is 38.8 Å². The molecule has 1 N–H and O–H groups in total. The van der Waals surface area contributed by atoms with Crippen LogP contribution in [0.5, 0.6) is 0 Å². The molecule has 0 spiro atoms. The van der Waals surface area contributed by atoms with Crippen LogP contribution in [0.2, 0.25) is 0 Å². The van der Waals surface area contributed by atoms with E-state index in [1.165, 1.54) is 26.2 Å². The fourth-order valence-electron chi connectivity index (χ4n) is 3.59. The molecule has 12 heteroatoms. The maximum atomic E-state index is 12.6. The monoisotopic (exact) mass is 521 g/mol. The Kier molecular flexibility index (Phi) is 10.3. The van der Waals surface area contributed by atoms with Crippen molar-refractivity contribution in [1.29, 1.82) is 0 Å². The predicted molar refractivity (Wildman–Crippen MR) is 127 cm³/mol. The van der Waals surface area contributed by atoms with Crippen LogP contribution in [-0.2, 0) is 38.0 Å². The molecular formula is C21H31NO8S3. The summed E-state index contributed by atoms with van der Waals surface area (Å²) in [5, 5.41) is 3.00. The minimum atomic E-state index is -3.97. The smallest absolute Gasteiger partial charge is 0.297 e. The van der Waals surface area contributed by atoms with Crippen LogP contribution in [0.1, 0.15) is 18.9 Å². The molecule has 2 fully saturated rings. The minimum absolute atomic E-state index is 0.0160. The summed E-state index contributed by atoms with van der Waals surface area (Å²) in [7, 11) is -2.46. The quantitative estimate of drug-likeness (QED) is 0.344. The molecule has 0 aliphatic carbocycles. The number of benzene rings is 1. The van der Waals surface area contributed by atoms with Crippen LogP contribution in [0.3, 0.4) is 0 Å². The summed E-state index contributed by atoms with van der Waals surface area (Å²) in [6, 6.07) is 6.03. The van der Waals surface area contributed by atoms with Crippen molar-refractivity contribution < 1.29 is 36.3 Å². The van der Waals surface area contributed by atoms with Crippen LogP contribution in [0.4, 0.5) is 0 Å². The SMILES string of the molecule is COCO[C@@H]([C@@H]1OCO[C@@H]1COS(=O)(=O)c1ccc(C)cc1)[C@@H](NC(C)=O)C1SCCCS1. The molecule has 1 aromatic rings. The van der Waals surface area contributed by atoms with Gasteiger partial charge in [0.15, 0.2) is 0 Å². The summed E-state index contributed by atoms with van der Waals surface area (Å²) in [4.78, 5) is 12.1. The Hall–Kier alpha value is -0.860. The van der Waals surface area contributed by atoms with E-state index in [0.717, 1.165) is 23.5 Å². The number of carbonyl (C=O) groups excluding carboxylic acids is 1.